The number of imidazole rings is 1. The van der Waals surface area contributed by atoms with Crippen molar-refractivity contribution in [3.63, 3.8) is 0 Å². The number of hydrogen-bond donors (Lipinski definition) is 1. The number of halogens is 1. The first kappa shape index (κ1) is 22.0. The van der Waals surface area contributed by atoms with Crippen molar-refractivity contribution >= 4 is 40.2 Å². The number of nitrogens with one attached hydrogen (secondary N) is 1. The van der Waals surface area contributed by atoms with Crippen molar-refractivity contribution in [1.82, 2.24) is 14.9 Å². The van der Waals surface area contributed by atoms with Crippen LogP contribution in [0.1, 0.15) is 10.4 Å². The third-order valence-corrected chi connectivity index (χ3v) is 6.13. The van der Waals surface area contributed by atoms with Gasteiger partial charge in [0.15, 0.2) is 6.61 Å². The molecule has 7 nitrogen and oxygen atoms in total. The summed E-state index contributed by atoms with van der Waals surface area (Å²) in [6.45, 7) is 2.23. The molecule has 0 radical (unpaired) electrons. The number of fused-ring (bicyclic) bond motifs is 1. The van der Waals surface area contributed by atoms with Gasteiger partial charge < -0.3 is 19.5 Å². The third-order valence-electron chi connectivity index (χ3n) is 5.90. The molecule has 1 fully saturated rings. The fraction of sp³-hybridized carbons (Fsp3) is 0.192. The Morgan fingerprint density at radius 1 is 0.941 bits per heavy atom. The summed E-state index contributed by atoms with van der Waals surface area (Å²) in [7, 11) is 0. The summed E-state index contributed by atoms with van der Waals surface area (Å²) in [6, 6.07) is 22.6. The number of carbonyl (C=O) groups is 2. The van der Waals surface area contributed by atoms with E-state index in [2.05, 4.69) is 14.9 Å². The second-order valence-corrected chi connectivity index (χ2v) is 8.54. The highest BCUT2D eigenvalue weighted by molar-refractivity contribution is 6.30. The number of aromatic nitrogens is 2. The quantitative estimate of drug-likeness (QED) is 0.434. The van der Waals surface area contributed by atoms with E-state index in [0.717, 1.165) is 28.1 Å². The molecule has 4 aromatic rings. The van der Waals surface area contributed by atoms with Crippen molar-refractivity contribution in [3.05, 3.63) is 83.4 Å². The standard InChI is InChI=1S/C26H23ClN4O3/c27-20-7-4-8-21(16-20)30-11-13-31(14-12-30)24(32)17-34-26(33)19-9-10-22-23(15-19)29-25(28-22)18-5-2-1-3-6-18/h1-10,15-16H,11-14,17H2,(H,28,29). The number of piperazine rings is 1. The van der Waals surface area contributed by atoms with Crippen LogP contribution in [0.5, 0.6) is 0 Å². The molecule has 1 aliphatic heterocycles. The van der Waals surface area contributed by atoms with Gasteiger partial charge in [-0.3, -0.25) is 4.79 Å². The summed E-state index contributed by atoms with van der Waals surface area (Å²) < 4.78 is 5.32. The highest BCUT2D eigenvalue weighted by atomic mass is 35.5. The molecule has 0 saturated carbocycles. The highest BCUT2D eigenvalue weighted by Gasteiger charge is 2.23. The normalized spacial score (nSPS) is 13.8. The van der Waals surface area contributed by atoms with E-state index in [-0.39, 0.29) is 12.5 Å². The topological polar surface area (TPSA) is 78.5 Å². The lowest BCUT2D eigenvalue weighted by atomic mass is 10.2. The van der Waals surface area contributed by atoms with Gasteiger partial charge in [0, 0.05) is 42.5 Å². The number of H-pyrrole nitrogens is 1. The minimum Gasteiger partial charge on any atom is -0.452 e. The summed E-state index contributed by atoms with van der Waals surface area (Å²) in [5, 5.41) is 0.688. The molecule has 3 aromatic carbocycles. The molecule has 1 aromatic heterocycles. The Morgan fingerprint density at radius 2 is 1.74 bits per heavy atom. The Morgan fingerprint density at radius 3 is 2.50 bits per heavy atom. The highest BCUT2D eigenvalue weighted by Crippen LogP contribution is 2.22. The molecule has 172 valence electrons. The molecule has 34 heavy (non-hydrogen) atoms. The monoisotopic (exact) mass is 474 g/mol. The number of esters is 1. The molecule has 0 unspecified atom stereocenters. The van der Waals surface area contributed by atoms with E-state index < -0.39 is 5.97 Å². The van der Waals surface area contributed by atoms with E-state index in [1.54, 1.807) is 23.1 Å². The number of amides is 1. The van der Waals surface area contributed by atoms with Crippen LogP contribution < -0.4 is 4.90 Å². The average molecular weight is 475 g/mol. The van der Waals surface area contributed by atoms with Gasteiger partial charge in [-0.15, -0.1) is 0 Å². The minimum absolute atomic E-state index is 0.201. The van der Waals surface area contributed by atoms with Crippen molar-refractivity contribution in [1.29, 1.82) is 0 Å². The molecule has 1 saturated heterocycles. The van der Waals surface area contributed by atoms with E-state index in [4.69, 9.17) is 16.3 Å². The average Bonchev–Trinajstić information content (AvgIpc) is 3.31. The molecule has 0 aliphatic carbocycles. The second-order valence-electron chi connectivity index (χ2n) is 8.11. The molecule has 0 spiro atoms. The molecule has 1 amide bonds. The van der Waals surface area contributed by atoms with Gasteiger partial charge >= 0.3 is 5.97 Å². The Labute approximate surface area is 201 Å². The van der Waals surface area contributed by atoms with Crippen molar-refractivity contribution in [3.8, 4) is 11.4 Å². The van der Waals surface area contributed by atoms with Gasteiger partial charge in [0.2, 0.25) is 0 Å². The zero-order valence-corrected chi connectivity index (χ0v) is 19.2. The molecular weight excluding hydrogens is 452 g/mol. The smallest absolute Gasteiger partial charge is 0.338 e. The van der Waals surface area contributed by atoms with E-state index in [0.29, 0.717) is 36.8 Å². The van der Waals surface area contributed by atoms with Gasteiger partial charge in [-0.1, -0.05) is 48.0 Å². The molecule has 0 bridgehead atoms. The Hall–Kier alpha value is -3.84. The van der Waals surface area contributed by atoms with E-state index in [1.165, 1.54) is 0 Å². The number of aromatic amines is 1. The van der Waals surface area contributed by atoms with Crippen LogP contribution in [-0.4, -0.2) is 59.5 Å². The van der Waals surface area contributed by atoms with Gasteiger partial charge in [0.25, 0.3) is 5.91 Å². The maximum absolute atomic E-state index is 12.6. The van der Waals surface area contributed by atoms with E-state index in [9.17, 15) is 9.59 Å². The first-order chi connectivity index (χ1) is 16.6. The van der Waals surface area contributed by atoms with Crippen LogP contribution in [0.15, 0.2) is 72.8 Å². The van der Waals surface area contributed by atoms with Gasteiger partial charge in [0.1, 0.15) is 5.82 Å². The zero-order chi connectivity index (χ0) is 23.5. The summed E-state index contributed by atoms with van der Waals surface area (Å²) in [6.07, 6.45) is 0. The lowest BCUT2D eigenvalue weighted by Gasteiger charge is -2.36. The number of benzene rings is 3. The van der Waals surface area contributed by atoms with Crippen LogP contribution in [0, 0.1) is 0 Å². The van der Waals surface area contributed by atoms with Crippen LogP contribution in [0.25, 0.3) is 22.4 Å². The largest absolute Gasteiger partial charge is 0.452 e. The Balaban J connectivity index is 1.17. The summed E-state index contributed by atoms with van der Waals surface area (Å²) in [5.74, 6) is -0.00929. The molecule has 8 heteroatoms. The number of ether oxygens (including phenoxy) is 1. The molecule has 1 aliphatic rings. The maximum Gasteiger partial charge on any atom is 0.338 e. The molecule has 2 heterocycles. The molecule has 5 rings (SSSR count). The van der Waals surface area contributed by atoms with Crippen LogP contribution >= 0.6 is 11.6 Å². The third kappa shape index (κ3) is 4.75. The number of anilines is 1. The van der Waals surface area contributed by atoms with Crippen LogP contribution in [0.3, 0.4) is 0 Å². The predicted octanol–water partition coefficient (Wildman–Crippen LogP) is 4.39. The predicted molar refractivity (Wildman–Crippen MR) is 132 cm³/mol. The molecule has 1 N–H and O–H groups in total. The minimum atomic E-state index is -0.538. The number of carbonyl (C=O) groups excluding carboxylic acids is 2. The van der Waals surface area contributed by atoms with Crippen LogP contribution in [0.2, 0.25) is 5.02 Å². The number of rotatable bonds is 5. The van der Waals surface area contributed by atoms with Crippen molar-refractivity contribution in [2.45, 2.75) is 0 Å². The van der Waals surface area contributed by atoms with Crippen LogP contribution in [0.4, 0.5) is 5.69 Å². The summed E-state index contributed by atoms with van der Waals surface area (Å²) >= 11 is 6.08. The molecular formula is C26H23ClN4O3. The number of hydrogen-bond acceptors (Lipinski definition) is 5. The Kier molecular flexibility index (Phi) is 6.18. The lowest BCUT2D eigenvalue weighted by Crippen LogP contribution is -2.49. The van der Waals surface area contributed by atoms with E-state index in [1.807, 2.05) is 54.6 Å². The van der Waals surface area contributed by atoms with Gasteiger partial charge in [-0.05, 0) is 36.4 Å². The maximum atomic E-state index is 12.6. The first-order valence-electron chi connectivity index (χ1n) is 11.1. The fourth-order valence-electron chi connectivity index (χ4n) is 4.06. The molecule has 0 atom stereocenters. The first-order valence-corrected chi connectivity index (χ1v) is 11.5. The number of nitrogens with zero attached hydrogens (tertiary/aromatic N) is 3. The summed E-state index contributed by atoms with van der Waals surface area (Å²) in [5.41, 5.74) is 3.86. The second kappa shape index (κ2) is 9.57. The van der Waals surface area contributed by atoms with Crippen molar-refractivity contribution in [2.75, 3.05) is 37.7 Å². The fourth-order valence-corrected chi connectivity index (χ4v) is 4.24. The SMILES string of the molecule is O=C(OCC(=O)N1CCN(c2cccc(Cl)c2)CC1)c1ccc2nc(-c3ccccc3)[nH]c2c1. The lowest BCUT2D eigenvalue weighted by molar-refractivity contribution is -0.134. The van der Waals surface area contributed by atoms with E-state index >= 15 is 0 Å². The Bertz CT molecular complexity index is 1330. The zero-order valence-electron chi connectivity index (χ0n) is 18.4. The summed E-state index contributed by atoms with van der Waals surface area (Å²) in [4.78, 5) is 36.9. The van der Waals surface area contributed by atoms with Gasteiger partial charge in [-0.25, -0.2) is 9.78 Å². The van der Waals surface area contributed by atoms with Gasteiger partial charge in [0.05, 0.1) is 16.6 Å². The van der Waals surface area contributed by atoms with Crippen molar-refractivity contribution < 1.29 is 14.3 Å². The van der Waals surface area contributed by atoms with Crippen LogP contribution in [-0.2, 0) is 9.53 Å². The van der Waals surface area contributed by atoms with Gasteiger partial charge in [-0.2, -0.15) is 0 Å². The van der Waals surface area contributed by atoms with Crippen molar-refractivity contribution in [2.24, 2.45) is 0 Å².